The number of para-hydroxylation sites is 2. The molecule has 0 aliphatic heterocycles. The lowest BCUT2D eigenvalue weighted by molar-refractivity contribution is 0.416. The van der Waals surface area contributed by atoms with E-state index in [0.717, 1.165) is 11.3 Å². The van der Waals surface area contributed by atoms with Gasteiger partial charge in [0.2, 0.25) is 0 Å². The quantitative estimate of drug-likeness (QED) is 0.891. The number of nitrogens with one attached hydrogen (secondary N) is 1. The Morgan fingerprint density at radius 2 is 2.22 bits per heavy atom. The van der Waals surface area contributed by atoms with E-state index in [1.165, 1.54) is 0 Å². The van der Waals surface area contributed by atoms with E-state index in [-0.39, 0.29) is 0 Å². The summed E-state index contributed by atoms with van der Waals surface area (Å²) in [6.07, 6.45) is 3.49. The molecule has 2 rings (SSSR count). The fourth-order valence-corrected chi connectivity index (χ4v) is 1.70. The largest absolute Gasteiger partial charge is 0.495 e. The van der Waals surface area contributed by atoms with Gasteiger partial charge in [-0.05, 0) is 12.1 Å². The maximum atomic E-state index is 9.22. The molecule has 0 fully saturated rings. The number of nitrogens with zero attached hydrogens (tertiary/aromatic N) is 3. The first-order valence-corrected chi connectivity index (χ1v) is 5.52. The number of hydrogen-bond acceptors (Lipinski definition) is 4. The molecule has 1 heterocycles. The second kappa shape index (κ2) is 5.23. The lowest BCUT2D eigenvalue weighted by atomic mass is 10.1. The Kier molecular flexibility index (Phi) is 3.49. The number of benzene rings is 1. The first kappa shape index (κ1) is 12.0. The standard InChI is InChI=1S/C13H14N4O/c1-17-9-10(8-15-17)12(7-14)16-11-5-3-4-6-13(11)18-2/h3-6,8-9,12,16H,1-2H3. The predicted molar refractivity (Wildman–Crippen MR) is 68.2 cm³/mol. The van der Waals surface area contributed by atoms with E-state index in [0.29, 0.717) is 5.75 Å². The smallest absolute Gasteiger partial charge is 0.143 e. The van der Waals surface area contributed by atoms with Crippen molar-refractivity contribution in [3.8, 4) is 11.8 Å². The van der Waals surface area contributed by atoms with Crippen LogP contribution in [-0.2, 0) is 7.05 Å². The van der Waals surface area contributed by atoms with Crippen molar-refractivity contribution in [2.24, 2.45) is 7.05 Å². The zero-order valence-electron chi connectivity index (χ0n) is 10.3. The molecule has 2 aromatic rings. The minimum absolute atomic E-state index is 0.449. The third-order valence-corrected chi connectivity index (χ3v) is 2.59. The lowest BCUT2D eigenvalue weighted by Crippen LogP contribution is -2.08. The Bertz CT molecular complexity index is 570. The molecule has 1 unspecified atom stereocenters. The Morgan fingerprint density at radius 1 is 1.44 bits per heavy atom. The van der Waals surface area contributed by atoms with Gasteiger partial charge in [-0.1, -0.05) is 12.1 Å². The summed E-state index contributed by atoms with van der Waals surface area (Å²) >= 11 is 0. The van der Waals surface area contributed by atoms with Crippen molar-refractivity contribution in [1.29, 1.82) is 5.26 Å². The van der Waals surface area contributed by atoms with Gasteiger partial charge in [0.05, 0.1) is 25.1 Å². The molecular weight excluding hydrogens is 228 g/mol. The Labute approximate surface area is 106 Å². The molecule has 1 atom stereocenters. The van der Waals surface area contributed by atoms with Gasteiger partial charge in [0.1, 0.15) is 11.8 Å². The van der Waals surface area contributed by atoms with Crippen LogP contribution in [0.15, 0.2) is 36.7 Å². The molecule has 1 aromatic carbocycles. The molecule has 5 nitrogen and oxygen atoms in total. The minimum Gasteiger partial charge on any atom is -0.495 e. The SMILES string of the molecule is COc1ccccc1NC(C#N)c1cnn(C)c1. The van der Waals surface area contributed by atoms with Gasteiger partial charge in [-0.2, -0.15) is 10.4 Å². The summed E-state index contributed by atoms with van der Waals surface area (Å²) in [6.45, 7) is 0. The fourth-order valence-electron chi connectivity index (χ4n) is 1.70. The highest BCUT2D eigenvalue weighted by Gasteiger charge is 2.13. The number of methoxy groups -OCH3 is 1. The van der Waals surface area contributed by atoms with Gasteiger partial charge in [0.15, 0.2) is 0 Å². The molecule has 5 heteroatoms. The van der Waals surface area contributed by atoms with E-state index < -0.39 is 6.04 Å². The molecule has 0 aliphatic rings. The van der Waals surface area contributed by atoms with Crippen molar-refractivity contribution in [1.82, 2.24) is 9.78 Å². The topological polar surface area (TPSA) is 62.9 Å². The summed E-state index contributed by atoms with van der Waals surface area (Å²) in [7, 11) is 3.42. The monoisotopic (exact) mass is 242 g/mol. The summed E-state index contributed by atoms with van der Waals surface area (Å²) in [5.74, 6) is 0.710. The first-order chi connectivity index (χ1) is 8.74. The number of aromatic nitrogens is 2. The van der Waals surface area contributed by atoms with Crippen LogP contribution < -0.4 is 10.1 Å². The maximum absolute atomic E-state index is 9.22. The molecular formula is C13H14N4O. The molecule has 0 radical (unpaired) electrons. The van der Waals surface area contributed by atoms with Crippen molar-refractivity contribution in [2.45, 2.75) is 6.04 Å². The molecule has 0 bridgehead atoms. The summed E-state index contributed by atoms with van der Waals surface area (Å²) in [5, 5.41) is 16.4. The van der Waals surface area contributed by atoms with Crippen molar-refractivity contribution in [3.63, 3.8) is 0 Å². The number of aryl methyl sites for hydroxylation is 1. The second-order valence-corrected chi connectivity index (χ2v) is 3.85. The summed E-state index contributed by atoms with van der Waals surface area (Å²) in [4.78, 5) is 0. The minimum atomic E-state index is -0.449. The van der Waals surface area contributed by atoms with Crippen LogP contribution in [-0.4, -0.2) is 16.9 Å². The van der Waals surface area contributed by atoms with Gasteiger partial charge in [-0.3, -0.25) is 4.68 Å². The number of anilines is 1. The zero-order chi connectivity index (χ0) is 13.0. The molecule has 1 N–H and O–H groups in total. The van der Waals surface area contributed by atoms with Crippen LogP contribution in [0.3, 0.4) is 0 Å². The number of hydrogen-bond donors (Lipinski definition) is 1. The Morgan fingerprint density at radius 3 is 2.83 bits per heavy atom. The van der Waals surface area contributed by atoms with Crippen LogP contribution in [0.25, 0.3) is 0 Å². The zero-order valence-corrected chi connectivity index (χ0v) is 10.3. The third kappa shape index (κ3) is 2.43. The normalized spacial score (nSPS) is 11.6. The van der Waals surface area contributed by atoms with Gasteiger partial charge in [-0.15, -0.1) is 0 Å². The lowest BCUT2D eigenvalue weighted by Gasteiger charge is -2.14. The molecule has 1 aromatic heterocycles. The van der Waals surface area contributed by atoms with E-state index in [4.69, 9.17) is 4.74 Å². The Hall–Kier alpha value is -2.48. The van der Waals surface area contributed by atoms with Crippen molar-refractivity contribution in [3.05, 3.63) is 42.2 Å². The fraction of sp³-hybridized carbons (Fsp3) is 0.231. The molecule has 18 heavy (non-hydrogen) atoms. The van der Waals surface area contributed by atoms with E-state index in [1.54, 1.807) is 18.0 Å². The highest BCUT2D eigenvalue weighted by molar-refractivity contribution is 5.58. The van der Waals surface area contributed by atoms with Crippen LogP contribution >= 0.6 is 0 Å². The highest BCUT2D eigenvalue weighted by atomic mass is 16.5. The van der Waals surface area contributed by atoms with Gasteiger partial charge >= 0.3 is 0 Å². The predicted octanol–water partition coefficient (Wildman–Crippen LogP) is 2.11. The molecule has 0 saturated carbocycles. The third-order valence-electron chi connectivity index (χ3n) is 2.59. The highest BCUT2D eigenvalue weighted by Crippen LogP contribution is 2.27. The van der Waals surface area contributed by atoms with Gasteiger partial charge < -0.3 is 10.1 Å². The van der Waals surface area contributed by atoms with Crippen LogP contribution in [0.4, 0.5) is 5.69 Å². The van der Waals surface area contributed by atoms with Crippen molar-refractivity contribution >= 4 is 5.69 Å². The van der Waals surface area contributed by atoms with Crippen LogP contribution in [0.1, 0.15) is 11.6 Å². The van der Waals surface area contributed by atoms with E-state index in [1.807, 2.05) is 37.5 Å². The number of rotatable bonds is 4. The van der Waals surface area contributed by atoms with E-state index in [2.05, 4.69) is 16.5 Å². The van der Waals surface area contributed by atoms with Gasteiger partial charge in [0, 0.05) is 18.8 Å². The summed E-state index contributed by atoms with van der Waals surface area (Å²) in [6, 6.07) is 9.26. The first-order valence-electron chi connectivity index (χ1n) is 5.52. The van der Waals surface area contributed by atoms with Crippen LogP contribution in [0.2, 0.25) is 0 Å². The number of nitriles is 1. The molecule has 0 spiro atoms. The second-order valence-electron chi connectivity index (χ2n) is 3.85. The average Bonchev–Trinajstić information content (AvgIpc) is 2.83. The molecule has 92 valence electrons. The number of ether oxygens (including phenoxy) is 1. The van der Waals surface area contributed by atoms with E-state index in [9.17, 15) is 5.26 Å². The van der Waals surface area contributed by atoms with Crippen molar-refractivity contribution in [2.75, 3.05) is 12.4 Å². The summed E-state index contributed by atoms with van der Waals surface area (Å²) < 4.78 is 6.91. The van der Waals surface area contributed by atoms with Crippen LogP contribution in [0, 0.1) is 11.3 Å². The Balaban J connectivity index is 2.24. The summed E-state index contributed by atoms with van der Waals surface area (Å²) in [5.41, 5.74) is 1.61. The maximum Gasteiger partial charge on any atom is 0.143 e. The molecule has 0 amide bonds. The van der Waals surface area contributed by atoms with Gasteiger partial charge in [0.25, 0.3) is 0 Å². The average molecular weight is 242 g/mol. The van der Waals surface area contributed by atoms with Gasteiger partial charge in [-0.25, -0.2) is 0 Å². The molecule has 0 aliphatic carbocycles. The molecule has 0 saturated heterocycles. The van der Waals surface area contributed by atoms with E-state index >= 15 is 0 Å². The van der Waals surface area contributed by atoms with Crippen LogP contribution in [0.5, 0.6) is 5.75 Å². The van der Waals surface area contributed by atoms with Crippen molar-refractivity contribution < 1.29 is 4.74 Å².